The van der Waals surface area contributed by atoms with Gasteiger partial charge in [0.25, 0.3) is 0 Å². The van der Waals surface area contributed by atoms with Crippen molar-refractivity contribution in [3.63, 3.8) is 0 Å². The molecule has 378 valence electrons. The molecule has 0 rings (SSSR count). The van der Waals surface area contributed by atoms with Crippen LogP contribution in [0.4, 0.5) is 171 Å². The van der Waals surface area contributed by atoms with E-state index in [9.17, 15) is 171 Å². The lowest BCUT2D eigenvalue weighted by Crippen LogP contribution is -2.62. The predicted octanol–water partition coefficient (Wildman–Crippen LogP) is 15.6. The molecule has 0 nitrogen and oxygen atoms in total. The van der Waals surface area contributed by atoms with E-state index in [4.69, 9.17) is 0 Å². The minimum atomic E-state index is -8.36. The molecule has 0 aliphatic heterocycles. The molecule has 39 heteroatoms. The van der Waals surface area contributed by atoms with E-state index in [0.717, 1.165) is 0 Å². The predicted molar refractivity (Wildman–Crippen MR) is 122 cm³/mol. The molecule has 0 bridgehead atoms. The maximum atomic E-state index is 13.7. The van der Waals surface area contributed by atoms with E-state index < -0.39 is 139 Å². The summed E-state index contributed by atoms with van der Waals surface area (Å²) in [5.74, 6) is -12.7. The van der Waals surface area contributed by atoms with Gasteiger partial charge >= 0.3 is 90.9 Å². The molecule has 0 atom stereocenters. The first kappa shape index (κ1) is 63.8. The van der Waals surface area contributed by atoms with Gasteiger partial charge in [0.2, 0.25) is 5.83 Å². The molecular weight excluding hydrogens is 1030 g/mol. The molecule has 0 aromatic rings. The summed E-state index contributed by atoms with van der Waals surface area (Å²) in [5.41, 5.74) is -41.5. The maximum Gasteiger partial charge on any atom is 0.457 e. The summed E-state index contributed by atoms with van der Waals surface area (Å²) in [6.45, 7) is 0.872. The van der Waals surface area contributed by atoms with Gasteiger partial charge in [-0.3, -0.25) is 0 Å². The van der Waals surface area contributed by atoms with Crippen LogP contribution in [-0.4, -0.2) is 90.9 Å². The van der Waals surface area contributed by atoms with Crippen LogP contribution in [-0.2, 0) is 0 Å². The third-order valence-corrected chi connectivity index (χ3v) is 6.65. The molecule has 0 saturated heterocycles. The van der Waals surface area contributed by atoms with Crippen molar-refractivity contribution in [1.29, 1.82) is 0 Å². The minimum Gasteiger partial charge on any atom is -0.219 e. The van der Waals surface area contributed by atoms with Crippen LogP contribution < -0.4 is 0 Å². The number of rotatable bonds is 5. The topological polar surface area (TPSA) is 0 Å². The van der Waals surface area contributed by atoms with E-state index >= 15 is 0 Å². The van der Waals surface area contributed by atoms with Gasteiger partial charge in [-0.25, -0.2) is 17.6 Å². The summed E-state index contributed by atoms with van der Waals surface area (Å²) in [7, 11) is 0. The van der Waals surface area contributed by atoms with Crippen LogP contribution in [0.2, 0.25) is 0 Å². The Morgan fingerprint density at radius 3 is 0.667 bits per heavy atom. The number of halogens is 39. The quantitative estimate of drug-likeness (QED) is 0.190. The van der Waals surface area contributed by atoms with Gasteiger partial charge in [0.05, 0.1) is 11.0 Å². The molecule has 0 aromatic heterocycles. The number of alkyl halides is 38. The average molecular weight is 1040 g/mol. The SMILES string of the molecule is C=CC(F)(C(F)(F)F)C(F)(F)F.CC(C)(/C(=C(\F)C(F)(F)F)C(F)(C(F)(F)F)C(F)(F)F)C(F)(F)F.FC(F)(F)C(=C(C(F)(F)C(F)(F)F)C(F)(C(F)(F)F)C(F)(F)F)C(F)(F)F. The summed E-state index contributed by atoms with van der Waals surface area (Å²) >= 11 is 0. The van der Waals surface area contributed by atoms with Crippen LogP contribution in [0, 0.1) is 5.41 Å². The first-order valence-electron chi connectivity index (χ1n) is 13.3. The first-order valence-corrected chi connectivity index (χ1v) is 13.3. The molecule has 0 aliphatic rings. The van der Waals surface area contributed by atoms with Gasteiger partial charge in [0, 0.05) is 5.57 Å². The van der Waals surface area contributed by atoms with Crippen molar-refractivity contribution >= 4 is 0 Å². The highest BCUT2D eigenvalue weighted by Gasteiger charge is 2.84. The van der Waals surface area contributed by atoms with Crippen molar-refractivity contribution in [3.05, 3.63) is 35.2 Å². The van der Waals surface area contributed by atoms with Gasteiger partial charge in [-0.15, -0.1) is 0 Å². The zero-order chi connectivity index (χ0) is 53.0. The Balaban J connectivity index is -0.000000917. The second kappa shape index (κ2) is 17.4. The van der Waals surface area contributed by atoms with Gasteiger partial charge in [-0.1, -0.05) is 6.58 Å². The van der Waals surface area contributed by atoms with Crippen LogP contribution in [0.3, 0.4) is 0 Å². The molecule has 0 heterocycles. The summed E-state index contributed by atoms with van der Waals surface area (Å²) < 4.78 is 481. The van der Waals surface area contributed by atoms with E-state index in [0.29, 0.717) is 0 Å². The van der Waals surface area contributed by atoms with E-state index in [1.807, 2.05) is 0 Å². The van der Waals surface area contributed by atoms with Gasteiger partial charge in [-0.05, 0) is 19.9 Å². The van der Waals surface area contributed by atoms with E-state index in [-0.39, 0.29) is 0 Å². The molecule has 63 heavy (non-hydrogen) atoms. The average Bonchev–Trinajstić information content (AvgIpc) is 2.92. The Morgan fingerprint density at radius 1 is 0.302 bits per heavy atom. The summed E-state index contributed by atoms with van der Waals surface area (Å²) in [6, 6.07) is 0. The molecule has 0 aliphatic carbocycles. The molecule has 0 saturated carbocycles. The summed E-state index contributed by atoms with van der Waals surface area (Å²) in [4.78, 5) is 0. The third kappa shape index (κ3) is 12.6. The normalized spacial score (nSPS) is 16.0. The largest absolute Gasteiger partial charge is 0.457 e. The lowest BCUT2D eigenvalue weighted by atomic mass is 9.73. The Morgan fingerprint density at radius 2 is 0.540 bits per heavy atom. The zero-order valence-corrected chi connectivity index (χ0v) is 28.0. The fraction of sp³-hybridized carbons (Fsp3) is 0.750. The van der Waals surface area contributed by atoms with Gasteiger partial charge in [-0.2, -0.15) is 154 Å². The van der Waals surface area contributed by atoms with Crippen LogP contribution in [0.1, 0.15) is 13.8 Å². The second-order valence-electron chi connectivity index (χ2n) is 11.3. The highest BCUT2D eigenvalue weighted by Crippen LogP contribution is 2.63. The second-order valence-corrected chi connectivity index (χ2v) is 11.3. The van der Waals surface area contributed by atoms with Gasteiger partial charge < -0.3 is 0 Å². The molecule has 0 fully saturated rings. The number of allylic oxidation sites excluding steroid dienone is 5. The highest BCUT2D eigenvalue weighted by molar-refractivity contribution is 5.41. The molecule has 0 N–H and O–H groups in total. The van der Waals surface area contributed by atoms with Crippen molar-refractivity contribution in [3.8, 4) is 0 Å². The van der Waals surface area contributed by atoms with Crippen LogP contribution in [0.25, 0.3) is 0 Å². The van der Waals surface area contributed by atoms with Crippen LogP contribution >= 0.6 is 0 Å². The molecule has 0 radical (unpaired) electrons. The van der Waals surface area contributed by atoms with E-state index in [2.05, 4.69) is 6.58 Å². The fourth-order valence-corrected chi connectivity index (χ4v) is 3.55. The van der Waals surface area contributed by atoms with Crippen LogP contribution in [0.15, 0.2) is 35.2 Å². The Kier molecular flexibility index (Phi) is 17.6. The third-order valence-electron chi connectivity index (χ3n) is 6.65. The van der Waals surface area contributed by atoms with Crippen molar-refractivity contribution in [2.45, 2.75) is 105 Å². The number of hydrogen-bond donors (Lipinski definition) is 0. The lowest BCUT2D eigenvalue weighted by molar-refractivity contribution is -0.349. The van der Waals surface area contributed by atoms with E-state index in [1.54, 1.807) is 0 Å². The van der Waals surface area contributed by atoms with Gasteiger partial charge in [0.1, 0.15) is 5.57 Å². The summed E-state index contributed by atoms with van der Waals surface area (Å²) in [6.07, 6.45) is -80.2. The Hall–Kier alpha value is -3.51. The zero-order valence-electron chi connectivity index (χ0n) is 28.0. The Bertz CT molecular complexity index is 1540. The molecule has 0 spiro atoms. The fourth-order valence-electron chi connectivity index (χ4n) is 3.55. The van der Waals surface area contributed by atoms with Gasteiger partial charge in [0.15, 0.2) is 0 Å². The molecule has 0 amide bonds. The highest BCUT2D eigenvalue weighted by atomic mass is 19.5. The van der Waals surface area contributed by atoms with Crippen LogP contribution in [0.5, 0.6) is 0 Å². The Labute approximate surface area is 318 Å². The molecule has 0 unspecified atom stereocenters. The van der Waals surface area contributed by atoms with E-state index in [1.165, 1.54) is 0 Å². The van der Waals surface area contributed by atoms with Crippen molar-refractivity contribution in [2.75, 3.05) is 0 Å². The maximum absolute atomic E-state index is 13.7. The standard InChI is InChI=1S/C10H6F14.C9F18.C5H3F7/c1-5(2,8(16,17)18)3(4(11)7(13,14)15)6(12,9(19,20)21)10(22,23)24;10-3(7(19,20)21,8(22,23)24)1(4(11,12)9(25,26)27)2(5(13,14)15)6(16,17)18;1-2-3(6,4(7,8)9)5(10,11)12/h1-2H3;;2H,1H2/b4-3+;;. The summed E-state index contributed by atoms with van der Waals surface area (Å²) in [5, 5.41) is 0. The number of hydrogen-bond acceptors (Lipinski definition) is 0. The van der Waals surface area contributed by atoms with Crippen molar-refractivity contribution < 1.29 is 171 Å². The molecule has 0 aromatic carbocycles. The van der Waals surface area contributed by atoms with Crippen molar-refractivity contribution in [1.82, 2.24) is 0 Å². The monoisotopic (exact) mass is 1040 g/mol. The molecular formula is C24H9F39. The van der Waals surface area contributed by atoms with Crippen molar-refractivity contribution in [2.24, 2.45) is 5.41 Å². The lowest BCUT2D eigenvalue weighted by Gasteiger charge is -2.40. The minimum absolute atomic E-state index is 0.639. The first-order chi connectivity index (χ1) is 26.3. The smallest absolute Gasteiger partial charge is 0.219 e.